The predicted molar refractivity (Wildman–Crippen MR) is 75.9 cm³/mol. The van der Waals surface area contributed by atoms with Crippen molar-refractivity contribution in [2.45, 2.75) is 26.3 Å². The average molecular weight is 260 g/mol. The lowest BCUT2D eigenvalue weighted by molar-refractivity contribution is -0.123. The number of hydrogen-bond acceptors (Lipinski definition) is 3. The number of fused-ring (bicyclic) bond motifs is 1. The number of carbonyl (C=O) groups excluding carboxylic acids is 1. The summed E-state index contributed by atoms with van der Waals surface area (Å²) in [6.07, 6.45) is 0.665. The van der Waals surface area contributed by atoms with Crippen LogP contribution < -0.4 is 11.1 Å². The Hall–Kier alpha value is -1.88. The molecule has 1 unspecified atom stereocenters. The molecule has 0 fully saturated rings. The van der Waals surface area contributed by atoms with Crippen LogP contribution in [0.15, 0.2) is 24.3 Å². The van der Waals surface area contributed by atoms with Crippen LogP contribution in [0.5, 0.6) is 0 Å². The zero-order valence-electron chi connectivity index (χ0n) is 11.4. The van der Waals surface area contributed by atoms with Crippen LogP contribution >= 0.6 is 0 Å². The maximum atomic E-state index is 12.1. The first-order valence-electron chi connectivity index (χ1n) is 6.62. The van der Waals surface area contributed by atoms with Crippen molar-refractivity contribution in [3.05, 3.63) is 30.1 Å². The number of carbonyl (C=O) groups is 1. The van der Waals surface area contributed by atoms with Gasteiger partial charge in [0.15, 0.2) is 0 Å². The molecule has 0 spiro atoms. The highest BCUT2D eigenvalue weighted by atomic mass is 16.2. The molecule has 5 heteroatoms. The Morgan fingerprint density at radius 3 is 2.89 bits per heavy atom. The predicted octanol–water partition coefficient (Wildman–Crippen LogP) is 1.23. The third-order valence-electron chi connectivity index (χ3n) is 3.15. The van der Waals surface area contributed by atoms with Crippen LogP contribution in [0.2, 0.25) is 0 Å². The molecule has 5 nitrogen and oxygen atoms in total. The minimum absolute atomic E-state index is 0.00363. The molecule has 3 N–H and O–H groups in total. The van der Waals surface area contributed by atoms with Gasteiger partial charge < -0.3 is 15.6 Å². The van der Waals surface area contributed by atoms with Crippen LogP contribution in [0, 0.1) is 0 Å². The van der Waals surface area contributed by atoms with Crippen molar-refractivity contribution < 1.29 is 4.79 Å². The SMILES string of the molecule is CCNC(=O)C(C)n1c(CCN)nc2ccccc21. The van der Waals surface area contributed by atoms with Crippen LogP contribution in [-0.2, 0) is 11.2 Å². The fourth-order valence-corrected chi connectivity index (χ4v) is 2.27. The average Bonchev–Trinajstić information content (AvgIpc) is 2.76. The molecular weight excluding hydrogens is 240 g/mol. The minimum Gasteiger partial charge on any atom is -0.355 e. The molecule has 0 saturated carbocycles. The number of aromatic nitrogens is 2. The second-order valence-electron chi connectivity index (χ2n) is 4.50. The van der Waals surface area contributed by atoms with Gasteiger partial charge in [-0.25, -0.2) is 4.98 Å². The van der Waals surface area contributed by atoms with Crippen LogP contribution in [0.1, 0.15) is 25.7 Å². The monoisotopic (exact) mass is 260 g/mol. The molecule has 0 aliphatic rings. The van der Waals surface area contributed by atoms with Gasteiger partial charge in [0, 0.05) is 13.0 Å². The number of likely N-dealkylation sites (N-methyl/N-ethyl adjacent to an activating group) is 1. The summed E-state index contributed by atoms with van der Waals surface area (Å²) in [6.45, 7) is 4.95. The van der Waals surface area contributed by atoms with Crippen molar-refractivity contribution in [2.24, 2.45) is 5.73 Å². The lowest BCUT2D eigenvalue weighted by Crippen LogP contribution is -2.31. The molecule has 0 aliphatic carbocycles. The maximum Gasteiger partial charge on any atom is 0.242 e. The van der Waals surface area contributed by atoms with E-state index in [1.165, 1.54) is 0 Å². The van der Waals surface area contributed by atoms with Crippen molar-refractivity contribution in [1.29, 1.82) is 0 Å². The Bertz CT molecular complexity index is 576. The second kappa shape index (κ2) is 5.84. The second-order valence-corrected chi connectivity index (χ2v) is 4.50. The smallest absolute Gasteiger partial charge is 0.242 e. The highest BCUT2D eigenvalue weighted by molar-refractivity contribution is 5.84. The number of para-hydroxylation sites is 2. The number of hydrogen-bond donors (Lipinski definition) is 2. The normalized spacial score (nSPS) is 12.6. The van der Waals surface area contributed by atoms with Gasteiger partial charge in [-0.3, -0.25) is 4.79 Å². The zero-order valence-corrected chi connectivity index (χ0v) is 11.4. The highest BCUT2D eigenvalue weighted by Crippen LogP contribution is 2.21. The van der Waals surface area contributed by atoms with Crippen LogP contribution in [0.4, 0.5) is 0 Å². The summed E-state index contributed by atoms with van der Waals surface area (Å²) in [5.74, 6) is 0.867. The number of benzene rings is 1. The Morgan fingerprint density at radius 2 is 2.21 bits per heavy atom. The standard InChI is InChI=1S/C14H20N4O/c1-3-16-14(19)10(2)18-12-7-5-4-6-11(12)17-13(18)8-9-15/h4-7,10H,3,8-9,15H2,1-2H3,(H,16,19). The number of imidazole rings is 1. The molecular formula is C14H20N4O. The number of rotatable bonds is 5. The molecule has 102 valence electrons. The fraction of sp³-hybridized carbons (Fsp3) is 0.429. The first-order chi connectivity index (χ1) is 9.19. The third-order valence-corrected chi connectivity index (χ3v) is 3.15. The highest BCUT2D eigenvalue weighted by Gasteiger charge is 2.20. The van der Waals surface area contributed by atoms with Crippen molar-refractivity contribution in [3.63, 3.8) is 0 Å². The molecule has 2 rings (SSSR count). The van der Waals surface area contributed by atoms with E-state index in [1.807, 2.05) is 42.7 Å². The largest absolute Gasteiger partial charge is 0.355 e. The maximum absolute atomic E-state index is 12.1. The van der Waals surface area contributed by atoms with Gasteiger partial charge >= 0.3 is 0 Å². The summed E-state index contributed by atoms with van der Waals surface area (Å²) in [5, 5.41) is 2.85. The molecule has 2 aromatic rings. The van der Waals surface area contributed by atoms with Crippen molar-refractivity contribution in [3.8, 4) is 0 Å². The third kappa shape index (κ3) is 2.61. The van der Waals surface area contributed by atoms with E-state index in [-0.39, 0.29) is 11.9 Å². The van der Waals surface area contributed by atoms with Crippen molar-refractivity contribution in [2.75, 3.05) is 13.1 Å². The lowest BCUT2D eigenvalue weighted by atomic mass is 10.2. The van der Waals surface area contributed by atoms with Gasteiger partial charge in [-0.15, -0.1) is 0 Å². The van der Waals surface area contributed by atoms with Gasteiger partial charge in [-0.1, -0.05) is 12.1 Å². The van der Waals surface area contributed by atoms with E-state index in [9.17, 15) is 4.79 Å². The molecule has 1 amide bonds. The Labute approximate surface area is 112 Å². The zero-order chi connectivity index (χ0) is 13.8. The quantitative estimate of drug-likeness (QED) is 0.849. The van der Waals surface area contributed by atoms with E-state index < -0.39 is 0 Å². The summed E-state index contributed by atoms with van der Waals surface area (Å²) < 4.78 is 1.98. The van der Waals surface area contributed by atoms with Gasteiger partial charge in [0.2, 0.25) is 5.91 Å². The Morgan fingerprint density at radius 1 is 1.47 bits per heavy atom. The summed E-state index contributed by atoms with van der Waals surface area (Å²) in [6, 6.07) is 7.56. The summed E-state index contributed by atoms with van der Waals surface area (Å²) in [7, 11) is 0. The van der Waals surface area contributed by atoms with E-state index in [0.29, 0.717) is 19.5 Å². The van der Waals surface area contributed by atoms with Gasteiger partial charge in [0.25, 0.3) is 0 Å². The molecule has 0 radical (unpaired) electrons. The minimum atomic E-state index is -0.283. The van der Waals surface area contributed by atoms with Gasteiger partial charge in [0.05, 0.1) is 11.0 Å². The first kappa shape index (κ1) is 13.5. The number of nitrogens with one attached hydrogen (secondary N) is 1. The molecule has 0 bridgehead atoms. The Balaban J connectivity index is 2.49. The topological polar surface area (TPSA) is 72.9 Å². The lowest BCUT2D eigenvalue weighted by Gasteiger charge is -2.16. The molecule has 1 aromatic carbocycles. The number of nitrogens with zero attached hydrogens (tertiary/aromatic N) is 2. The number of amides is 1. The molecule has 0 aliphatic heterocycles. The summed E-state index contributed by atoms with van der Waals surface area (Å²) in [4.78, 5) is 16.6. The molecule has 0 saturated heterocycles. The van der Waals surface area contributed by atoms with E-state index >= 15 is 0 Å². The van der Waals surface area contributed by atoms with E-state index in [4.69, 9.17) is 5.73 Å². The molecule has 19 heavy (non-hydrogen) atoms. The first-order valence-corrected chi connectivity index (χ1v) is 6.62. The molecule has 1 heterocycles. The molecule has 1 aromatic heterocycles. The molecule has 1 atom stereocenters. The van der Waals surface area contributed by atoms with Crippen LogP contribution in [0.3, 0.4) is 0 Å². The van der Waals surface area contributed by atoms with E-state index in [2.05, 4.69) is 10.3 Å². The van der Waals surface area contributed by atoms with Crippen molar-refractivity contribution in [1.82, 2.24) is 14.9 Å². The van der Waals surface area contributed by atoms with Gasteiger partial charge in [-0.05, 0) is 32.5 Å². The summed E-state index contributed by atoms with van der Waals surface area (Å²) in [5.41, 5.74) is 7.51. The summed E-state index contributed by atoms with van der Waals surface area (Å²) >= 11 is 0. The van der Waals surface area contributed by atoms with Crippen LogP contribution in [0.25, 0.3) is 11.0 Å². The van der Waals surface area contributed by atoms with Crippen LogP contribution in [-0.4, -0.2) is 28.5 Å². The fourth-order valence-electron chi connectivity index (χ4n) is 2.27. The van der Waals surface area contributed by atoms with Crippen molar-refractivity contribution >= 4 is 16.9 Å². The number of nitrogens with two attached hydrogens (primary N) is 1. The van der Waals surface area contributed by atoms with E-state index in [0.717, 1.165) is 16.9 Å². The van der Waals surface area contributed by atoms with Gasteiger partial charge in [0.1, 0.15) is 11.9 Å². The Kier molecular flexibility index (Phi) is 4.16. The van der Waals surface area contributed by atoms with Gasteiger partial charge in [-0.2, -0.15) is 0 Å². The van der Waals surface area contributed by atoms with E-state index in [1.54, 1.807) is 0 Å².